The molecule has 0 rings (SSSR count). The summed E-state index contributed by atoms with van der Waals surface area (Å²) in [5, 5.41) is 3.14. The summed E-state index contributed by atoms with van der Waals surface area (Å²) in [4.78, 5) is 12.1. The van der Waals surface area contributed by atoms with Gasteiger partial charge in [-0.1, -0.05) is 173 Å². The molecule has 248 valence electrons. The summed E-state index contributed by atoms with van der Waals surface area (Å²) in [6.45, 7) is 5.44. The fraction of sp³-hybridized carbons (Fsp3) is 0.875. The van der Waals surface area contributed by atoms with Crippen LogP contribution in [0, 0.1) is 0 Å². The van der Waals surface area contributed by atoms with Crippen LogP contribution in [0.4, 0.5) is 0 Å². The third-order valence-electron chi connectivity index (χ3n) is 8.68. The van der Waals surface area contributed by atoms with Crippen LogP contribution in [-0.2, 0) is 4.79 Å². The van der Waals surface area contributed by atoms with Crippen molar-refractivity contribution in [2.24, 2.45) is 0 Å². The van der Waals surface area contributed by atoms with Gasteiger partial charge in [-0.2, -0.15) is 0 Å². The Balaban J connectivity index is 3.21. The van der Waals surface area contributed by atoms with Gasteiger partial charge in [0, 0.05) is 13.0 Å². The molecule has 0 saturated carbocycles. The lowest BCUT2D eigenvalue weighted by Gasteiger charge is -2.06. The van der Waals surface area contributed by atoms with Crippen LogP contribution in [0.2, 0.25) is 0 Å². The molecule has 0 aliphatic heterocycles. The second-order valence-corrected chi connectivity index (χ2v) is 13.0. The average Bonchev–Trinajstić information content (AvgIpc) is 3.00. The van der Waals surface area contributed by atoms with Gasteiger partial charge in [-0.05, 0) is 64.2 Å². The molecule has 0 saturated heterocycles. The molecule has 2 nitrogen and oxygen atoms in total. The van der Waals surface area contributed by atoms with Gasteiger partial charge in [-0.3, -0.25) is 4.79 Å². The molecule has 0 fully saturated rings. The van der Waals surface area contributed by atoms with E-state index in [1.54, 1.807) is 0 Å². The molecule has 1 amide bonds. The average molecular weight is 588 g/mol. The van der Waals surface area contributed by atoms with E-state index in [2.05, 4.69) is 43.5 Å². The largest absolute Gasteiger partial charge is 0.356 e. The van der Waals surface area contributed by atoms with Gasteiger partial charge >= 0.3 is 0 Å². The van der Waals surface area contributed by atoms with E-state index in [1.165, 1.54) is 186 Å². The zero-order chi connectivity index (χ0) is 30.4. The number of hydrogen-bond acceptors (Lipinski definition) is 1. The summed E-state index contributed by atoms with van der Waals surface area (Å²) >= 11 is 0. The number of carbonyl (C=O) groups excluding carboxylic acids is 1. The topological polar surface area (TPSA) is 29.1 Å². The van der Waals surface area contributed by atoms with Crippen LogP contribution in [0.1, 0.15) is 219 Å². The highest BCUT2D eigenvalue weighted by atomic mass is 16.1. The molecule has 0 heterocycles. The molecular weight excluding hydrogens is 510 g/mol. The van der Waals surface area contributed by atoms with Gasteiger partial charge in [-0.15, -0.1) is 0 Å². The third-order valence-corrected chi connectivity index (χ3v) is 8.68. The summed E-state index contributed by atoms with van der Waals surface area (Å²) in [5.74, 6) is 0.265. The first-order valence-electron chi connectivity index (χ1n) is 19.4. The maximum absolute atomic E-state index is 12.1. The summed E-state index contributed by atoms with van der Waals surface area (Å²) in [6.07, 6.45) is 51.8. The number of allylic oxidation sites excluding steroid dienone is 4. The molecule has 0 aliphatic carbocycles. The Hall–Kier alpha value is -1.05. The zero-order valence-corrected chi connectivity index (χ0v) is 29.1. The SMILES string of the molecule is CCCCCCCC/C=C\CCCCCCCCCCCCNC(=O)CCCCCCC/C=C\CCCCCCCC. The van der Waals surface area contributed by atoms with Crippen molar-refractivity contribution >= 4 is 5.91 Å². The quantitative estimate of drug-likeness (QED) is 0.0580. The van der Waals surface area contributed by atoms with E-state index in [0.29, 0.717) is 6.42 Å². The van der Waals surface area contributed by atoms with Gasteiger partial charge in [0.1, 0.15) is 0 Å². The van der Waals surface area contributed by atoms with Crippen molar-refractivity contribution < 1.29 is 4.79 Å². The molecule has 0 bridgehead atoms. The lowest BCUT2D eigenvalue weighted by atomic mass is 10.1. The van der Waals surface area contributed by atoms with Crippen molar-refractivity contribution in [1.29, 1.82) is 0 Å². The fourth-order valence-electron chi connectivity index (χ4n) is 5.75. The molecule has 0 aromatic rings. The molecule has 0 radical (unpaired) electrons. The minimum absolute atomic E-state index is 0.265. The Kier molecular flexibility index (Phi) is 37.0. The van der Waals surface area contributed by atoms with Gasteiger partial charge < -0.3 is 5.32 Å². The van der Waals surface area contributed by atoms with Crippen molar-refractivity contribution in [3.63, 3.8) is 0 Å². The van der Waals surface area contributed by atoms with Gasteiger partial charge in [0.15, 0.2) is 0 Å². The van der Waals surface area contributed by atoms with E-state index in [-0.39, 0.29) is 5.91 Å². The molecule has 0 aliphatic rings. The van der Waals surface area contributed by atoms with Crippen LogP contribution >= 0.6 is 0 Å². The van der Waals surface area contributed by atoms with Crippen molar-refractivity contribution in [2.75, 3.05) is 6.54 Å². The van der Waals surface area contributed by atoms with Crippen LogP contribution in [-0.4, -0.2) is 12.5 Å². The second kappa shape index (κ2) is 38.0. The van der Waals surface area contributed by atoms with Crippen molar-refractivity contribution in [3.8, 4) is 0 Å². The van der Waals surface area contributed by atoms with Crippen molar-refractivity contribution in [3.05, 3.63) is 24.3 Å². The summed E-state index contributed by atoms with van der Waals surface area (Å²) < 4.78 is 0. The fourth-order valence-corrected chi connectivity index (χ4v) is 5.75. The van der Waals surface area contributed by atoms with Crippen LogP contribution in [0.15, 0.2) is 24.3 Å². The summed E-state index contributed by atoms with van der Waals surface area (Å²) in [7, 11) is 0. The van der Waals surface area contributed by atoms with Crippen LogP contribution in [0.3, 0.4) is 0 Å². The number of unbranched alkanes of at least 4 members (excludes halogenated alkanes) is 27. The molecule has 42 heavy (non-hydrogen) atoms. The normalized spacial score (nSPS) is 11.8. The van der Waals surface area contributed by atoms with Gasteiger partial charge in [0.2, 0.25) is 5.91 Å². The highest BCUT2D eigenvalue weighted by Crippen LogP contribution is 2.13. The Morgan fingerprint density at radius 2 is 0.667 bits per heavy atom. The van der Waals surface area contributed by atoms with Crippen molar-refractivity contribution in [2.45, 2.75) is 219 Å². The van der Waals surface area contributed by atoms with E-state index in [1.807, 2.05) is 0 Å². The van der Waals surface area contributed by atoms with Crippen LogP contribution in [0.5, 0.6) is 0 Å². The van der Waals surface area contributed by atoms with E-state index in [4.69, 9.17) is 0 Å². The van der Waals surface area contributed by atoms with E-state index in [9.17, 15) is 4.79 Å². The zero-order valence-electron chi connectivity index (χ0n) is 29.1. The highest BCUT2D eigenvalue weighted by molar-refractivity contribution is 5.75. The Bertz CT molecular complexity index is 566. The molecule has 1 N–H and O–H groups in total. The van der Waals surface area contributed by atoms with Gasteiger partial charge in [0.25, 0.3) is 0 Å². The number of hydrogen-bond donors (Lipinski definition) is 1. The summed E-state index contributed by atoms with van der Waals surface area (Å²) in [6, 6.07) is 0. The molecule has 0 aromatic carbocycles. The lowest BCUT2D eigenvalue weighted by Crippen LogP contribution is -2.23. The first-order chi connectivity index (χ1) is 20.8. The Morgan fingerprint density at radius 3 is 1.02 bits per heavy atom. The monoisotopic (exact) mass is 588 g/mol. The van der Waals surface area contributed by atoms with Gasteiger partial charge in [0.05, 0.1) is 0 Å². The smallest absolute Gasteiger partial charge is 0.219 e. The molecule has 0 spiro atoms. The third kappa shape index (κ3) is 37.0. The van der Waals surface area contributed by atoms with E-state index >= 15 is 0 Å². The minimum Gasteiger partial charge on any atom is -0.356 e. The molecule has 0 atom stereocenters. The number of nitrogens with one attached hydrogen (secondary N) is 1. The maximum atomic E-state index is 12.1. The Morgan fingerprint density at radius 1 is 0.381 bits per heavy atom. The maximum Gasteiger partial charge on any atom is 0.219 e. The standard InChI is InChI=1S/C40H77NO/c1-3-5-7-9-11-13-15-17-19-20-21-22-23-25-27-29-31-33-35-37-39-41-40(42)38-36-34-32-30-28-26-24-18-16-14-12-10-8-6-4-2/h17-19,24H,3-16,20-23,25-39H2,1-2H3,(H,41,42)/b19-17-,24-18-. The van der Waals surface area contributed by atoms with Crippen LogP contribution in [0.25, 0.3) is 0 Å². The Labute approximate surface area is 265 Å². The molecular formula is C40H77NO. The predicted molar refractivity (Wildman–Crippen MR) is 190 cm³/mol. The van der Waals surface area contributed by atoms with Crippen molar-refractivity contribution in [1.82, 2.24) is 5.32 Å². The number of amides is 1. The second-order valence-electron chi connectivity index (χ2n) is 13.0. The molecule has 0 unspecified atom stereocenters. The van der Waals surface area contributed by atoms with E-state index in [0.717, 1.165) is 19.4 Å². The first-order valence-corrected chi connectivity index (χ1v) is 19.4. The highest BCUT2D eigenvalue weighted by Gasteiger charge is 2.01. The molecule has 2 heteroatoms. The predicted octanol–water partition coefficient (Wildman–Crippen LogP) is 13.7. The minimum atomic E-state index is 0.265. The van der Waals surface area contributed by atoms with E-state index < -0.39 is 0 Å². The lowest BCUT2D eigenvalue weighted by molar-refractivity contribution is -0.121. The summed E-state index contributed by atoms with van der Waals surface area (Å²) in [5.41, 5.74) is 0. The van der Waals surface area contributed by atoms with Crippen LogP contribution < -0.4 is 5.32 Å². The number of rotatable bonds is 35. The number of carbonyl (C=O) groups is 1. The molecule has 0 aromatic heterocycles. The first kappa shape index (κ1) is 41.0. The van der Waals surface area contributed by atoms with Gasteiger partial charge in [-0.25, -0.2) is 0 Å².